The molecule has 1 heterocycles. The van der Waals surface area contributed by atoms with Crippen molar-refractivity contribution in [2.45, 2.75) is 29.0 Å². The van der Waals surface area contributed by atoms with E-state index in [2.05, 4.69) is 16.1 Å². The van der Waals surface area contributed by atoms with Crippen LogP contribution in [-0.4, -0.2) is 41.1 Å². The molecule has 4 nitrogen and oxygen atoms in total. The summed E-state index contributed by atoms with van der Waals surface area (Å²) in [6, 6.07) is 0. The van der Waals surface area contributed by atoms with Crippen molar-refractivity contribution in [1.29, 1.82) is 0 Å². The van der Waals surface area contributed by atoms with Gasteiger partial charge in [-0.2, -0.15) is 26.3 Å². The Morgan fingerprint density at radius 2 is 1.86 bits per heavy atom. The molecule has 0 N–H and O–H groups in total. The van der Waals surface area contributed by atoms with Crippen LogP contribution in [0.5, 0.6) is 0 Å². The van der Waals surface area contributed by atoms with E-state index in [-0.39, 0.29) is 6.61 Å². The van der Waals surface area contributed by atoms with E-state index < -0.39 is 52.7 Å². The van der Waals surface area contributed by atoms with Gasteiger partial charge in [0, 0.05) is 0 Å². The molecule has 0 saturated carbocycles. The minimum absolute atomic E-state index is 0.283. The van der Waals surface area contributed by atoms with Crippen molar-refractivity contribution in [2.24, 2.45) is 0 Å². The standard InChI is InChI=1S/C10H8F6O4S/c1-2-3-19-6(17)4-5-7(18)20-8(21-5,9(11,12)13)10(14,15)16/h2,5H,1,3-4H2. The number of alkyl halides is 6. The number of halogens is 6. The maximum Gasteiger partial charge on any atom is 0.448 e. The van der Waals surface area contributed by atoms with Gasteiger partial charge in [0.2, 0.25) is 0 Å². The van der Waals surface area contributed by atoms with Crippen molar-refractivity contribution in [1.82, 2.24) is 0 Å². The molecule has 21 heavy (non-hydrogen) atoms. The summed E-state index contributed by atoms with van der Waals surface area (Å²) in [4.78, 5) is 17.7. The monoisotopic (exact) mass is 338 g/mol. The molecule has 0 aromatic carbocycles. The van der Waals surface area contributed by atoms with Gasteiger partial charge in [-0.05, 0) is 0 Å². The summed E-state index contributed by atoms with van der Waals surface area (Å²) in [5, 5.41) is -1.95. The molecule has 1 atom stereocenters. The van der Waals surface area contributed by atoms with Crippen molar-refractivity contribution in [3.63, 3.8) is 0 Å². The average molecular weight is 338 g/mol. The Labute approximate surface area is 118 Å². The molecule has 0 spiro atoms. The van der Waals surface area contributed by atoms with Crippen LogP contribution in [0.15, 0.2) is 12.7 Å². The summed E-state index contributed by atoms with van der Waals surface area (Å²) in [6.45, 7) is 2.91. The smallest absolute Gasteiger partial charge is 0.448 e. The molecule has 0 aliphatic carbocycles. The normalized spacial score (nSPS) is 21.8. The number of cyclic esters (lactones) is 1. The van der Waals surface area contributed by atoms with Gasteiger partial charge < -0.3 is 9.47 Å². The van der Waals surface area contributed by atoms with Crippen LogP contribution in [0.4, 0.5) is 26.3 Å². The van der Waals surface area contributed by atoms with E-state index >= 15 is 0 Å². The Hall–Kier alpha value is -1.39. The molecule has 1 rings (SSSR count). The van der Waals surface area contributed by atoms with Gasteiger partial charge in [-0.3, -0.25) is 9.59 Å². The van der Waals surface area contributed by atoms with Crippen molar-refractivity contribution >= 4 is 23.7 Å². The van der Waals surface area contributed by atoms with Crippen molar-refractivity contribution in [2.75, 3.05) is 6.61 Å². The molecule has 1 unspecified atom stereocenters. The number of ether oxygens (including phenoxy) is 2. The lowest BCUT2D eigenvalue weighted by molar-refractivity contribution is -0.327. The lowest BCUT2D eigenvalue weighted by Gasteiger charge is -2.30. The molecule has 1 saturated heterocycles. The van der Waals surface area contributed by atoms with E-state index in [4.69, 9.17) is 0 Å². The summed E-state index contributed by atoms with van der Waals surface area (Å²) in [5.74, 6) is -2.91. The van der Waals surface area contributed by atoms with Gasteiger partial charge in [0.15, 0.2) is 0 Å². The van der Waals surface area contributed by atoms with E-state index in [1.807, 2.05) is 0 Å². The lowest BCUT2D eigenvalue weighted by Crippen LogP contribution is -2.54. The van der Waals surface area contributed by atoms with E-state index in [1.165, 1.54) is 0 Å². The zero-order valence-electron chi connectivity index (χ0n) is 10.1. The molecule has 120 valence electrons. The molecular weight excluding hydrogens is 330 g/mol. The van der Waals surface area contributed by atoms with Crippen LogP contribution >= 0.6 is 11.8 Å². The lowest BCUT2D eigenvalue weighted by atomic mass is 10.3. The summed E-state index contributed by atoms with van der Waals surface area (Å²) in [7, 11) is 0. The van der Waals surface area contributed by atoms with E-state index in [0.29, 0.717) is 0 Å². The van der Waals surface area contributed by atoms with Gasteiger partial charge in [-0.1, -0.05) is 24.4 Å². The van der Waals surface area contributed by atoms with Crippen LogP contribution in [0, 0.1) is 0 Å². The number of hydrogen-bond acceptors (Lipinski definition) is 5. The second-order valence-corrected chi connectivity index (χ2v) is 5.20. The first-order valence-corrected chi connectivity index (χ1v) is 6.13. The third kappa shape index (κ3) is 3.44. The molecule has 1 aliphatic heterocycles. The van der Waals surface area contributed by atoms with Crippen LogP contribution < -0.4 is 0 Å². The molecule has 0 amide bonds. The molecule has 0 bridgehead atoms. The summed E-state index contributed by atoms with van der Waals surface area (Å²) < 4.78 is 83.8. The van der Waals surface area contributed by atoms with Gasteiger partial charge in [-0.15, -0.1) is 0 Å². The molecule has 0 aromatic rings. The third-order valence-corrected chi connectivity index (χ3v) is 3.80. The topological polar surface area (TPSA) is 52.6 Å². The minimum Gasteiger partial charge on any atom is -0.461 e. The highest BCUT2D eigenvalue weighted by Gasteiger charge is 2.78. The van der Waals surface area contributed by atoms with Gasteiger partial charge in [0.25, 0.3) is 0 Å². The fourth-order valence-corrected chi connectivity index (χ4v) is 2.54. The van der Waals surface area contributed by atoms with Crippen molar-refractivity contribution < 1.29 is 45.4 Å². The van der Waals surface area contributed by atoms with Crippen LogP contribution in [0.3, 0.4) is 0 Å². The number of rotatable bonds is 4. The maximum absolute atomic E-state index is 12.7. The Morgan fingerprint density at radius 1 is 1.33 bits per heavy atom. The Morgan fingerprint density at radius 3 is 2.24 bits per heavy atom. The van der Waals surface area contributed by atoms with E-state index in [9.17, 15) is 35.9 Å². The summed E-state index contributed by atoms with van der Waals surface area (Å²) in [6.07, 6.45) is -11.6. The van der Waals surface area contributed by atoms with Gasteiger partial charge in [0.1, 0.15) is 11.9 Å². The van der Waals surface area contributed by atoms with Gasteiger partial charge in [-0.25, -0.2) is 0 Å². The maximum atomic E-state index is 12.7. The quantitative estimate of drug-likeness (QED) is 0.448. The molecule has 1 fully saturated rings. The number of carbonyl (C=O) groups excluding carboxylic acids is 2. The predicted octanol–water partition coefficient (Wildman–Crippen LogP) is 2.59. The third-order valence-electron chi connectivity index (χ3n) is 2.28. The second-order valence-electron chi connectivity index (χ2n) is 3.82. The number of esters is 2. The number of hydrogen-bond donors (Lipinski definition) is 0. The Kier molecular flexibility index (Phi) is 4.86. The highest BCUT2D eigenvalue weighted by atomic mass is 32.2. The number of thioether (sulfide) groups is 1. The summed E-state index contributed by atoms with van der Waals surface area (Å²) >= 11 is -0.807. The van der Waals surface area contributed by atoms with E-state index in [1.54, 1.807) is 0 Å². The first kappa shape index (κ1) is 17.7. The van der Waals surface area contributed by atoms with Gasteiger partial charge >= 0.3 is 29.2 Å². The van der Waals surface area contributed by atoms with Crippen LogP contribution in [0.25, 0.3) is 0 Å². The molecule has 0 aromatic heterocycles. The second kappa shape index (κ2) is 5.78. The van der Waals surface area contributed by atoms with Crippen molar-refractivity contribution in [3.8, 4) is 0 Å². The van der Waals surface area contributed by atoms with Crippen LogP contribution in [-0.2, 0) is 19.1 Å². The van der Waals surface area contributed by atoms with E-state index in [0.717, 1.165) is 6.08 Å². The minimum atomic E-state index is -5.87. The fourth-order valence-electron chi connectivity index (χ4n) is 1.38. The van der Waals surface area contributed by atoms with Gasteiger partial charge in [0.05, 0.1) is 6.42 Å². The zero-order valence-corrected chi connectivity index (χ0v) is 10.9. The highest BCUT2D eigenvalue weighted by molar-refractivity contribution is 8.02. The van der Waals surface area contributed by atoms with Crippen LogP contribution in [0.1, 0.15) is 6.42 Å². The predicted molar refractivity (Wildman–Crippen MR) is 58.1 cm³/mol. The average Bonchev–Trinajstić information content (AvgIpc) is 2.64. The fraction of sp³-hybridized carbons (Fsp3) is 0.600. The molecule has 0 radical (unpaired) electrons. The Balaban J connectivity index is 2.93. The summed E-state index contributed by atoms with van der Waals surface area (Å²) in [5.41, 5.74) is 0. The highest BCUT2D eigenvalue weighted by Crippen LogP contribution is 2.58. The van der Waals surface area contributed by atoms with Crippen molar-refractivity contribution in [3.05, 3.63) is 12.7 Å². The zero-order chi connectivity index (χ0) is 16.5. The number of carbonyl (C=O) groups is 2. The molecular formula is C10H8F6O4S. The molecule has 1 aliphatic rings. The first-order chi connectivity index (χ1) is 9.44. The van der Waals surface area contributed by atoms with Crippen LogP contribution in [0.2, 0.25) is 0 Å². The first-order valence-electron chi connectivity index (χ1n) is 5.25. The SMILES string of the molecule is C=CCOC(=O)CC1SC(C(F)(F)F)(C(F)(F)F)OC1=O. The largest absolute Gasteiger partial charge is 0.461 e. The Bertz CT molecular complexity index is 430. The molecule has 11 heteroatoms.